The van der Waals surface area contributed by atoms with Gasteiger partial charge in [-0.25, -0.2) is 0 Å². The normalized spacial score (nSPS) is 24.7. The lowest BCUT2D eigenvalue weighted by Gasteiger charge is -2.33. The summed E-state index contributed by atoms with van der Waals surface area (Å²) in [5.74, 6) is -0.177. The molecule has 1 fully saturated rings. The Hall–Kier alpha value is -1.43. The standard InChI is InChI=1S/C21H31NO4/c1-2-25-21(24)17-9-6-12-22(13-17)14-18(23)15-26-20-11-5-8-16-7-3-4-10-19(16)20/h3-4,7,10,17-18,20,23H,2,5-6,8-9,11-15H2,1H3/t17-,18-,20+/m0/s1. The summed E-state index contributed by atoms with van der Waals surface area (Å²) in [6.45, 7) is 4.73. The molecule has 5 heteroatoms. The Labute approximate surface area is 156 Å². The summed E-state index contributed by atoms with van der Waals surface area (Å²) < 4.78 is 11.2. The number of carbonyl (C=O) groups is 1. The van der Waals surface area contributed by atoms with Crippen LogP contribution in [0.4, 0.5) is 0 Å². The van der Waals surface area contributed by atoms with Gasteiger partial charge in [0.15, 0.2) is 0 Å². The summed E-state index contributed by atoms with van der Waals surface area (Å²) in [5, 5.41) is 10.4. The van der Waals surface area contributed by atoms with Crippen LogP contribution in [0.3, 0.4) is 0 Å². The van der Waals surface area contributed by atoms with Gasteiger partial charge in [-0.3, -0.25) is 9.69 Å². The van der Waals surface area contributed by atoms with E-state index in [2.05, 4.69) is 29.2 Å². The minimum Gasteiger partial charge on any atom is -0.466 e. The van der Waals surface area contributed by atoms with Crippen LogP contribution in [0.25, 0.3) is 0 Å². The fraction of sp³-hybridized carbons (Fsp3) is 0.667. The molecule has 0 bridgehead atoms. The predicted octanol–water partition coefficient (Wildman–Crippen LogP) is 2.72. The summed E-state index contributed by atoms with van der Waals surface area (Å²) in [5.41, 5.74) is 2.64. The van der Waals surface area contributed by atoms with Gasteiger partial charge in [0.25, 0.3) is 0 Å². The SMILES string of the molecule is CCOC(=O)[C@H]1CCCN(C[C@H](O)CO[C@@H]2CCCc3ccccc32)C1. The summed E-state index contributed by atoms with van der Waals surface area (Å²) in [7, 11) is 0. The Morgan fingerprint density at radius 2 is 2.15 bits per heavy atom. The number of likely N-dealkylation sites (tertiary alicyclic amines) is 1. The third kappa shape index (κ3) is 5.06. The van der Waals surface area contributed by atoms with Crippen molar-refractivity contribution in [2.24, 2.45) is 5.92 Å². The zero-order valence-electron chi connectivity index (χ0n) is 15.7. The third-order valence-electron chi connectivity index (χ3n) is 5.40. The number of hydrogen-bond donors (Lipinski definition) is 1. The average Bonchev–Trinajstić information content (AvgIpc) is 2.67. The molecule has 0 radical (unpaired) electrons. The van der Waals surface area contributed by atoms with E-state index in [1.165, 1.54) is 11.1 Å². The van der Waals surface area contributed by atoms with Gasteiger partial charge in [-0.05, 0) is 56.7 Å². The number of piperidine rings is 1. The van der Waals surface area contributed by atoms with E-state index in [9.17, 15) is 9.90 Å². The highest BCUT2D eigenvalue weighted by atomic mass is 16.5. The number of β-amino-alcohol motifs (C(OH)–C–C–N with tert-alkyl or cyclic N) is 1. The molecule has 1 saturated heterocycles. The number of aliphatic hydroxyl groups is 1. The lowest BCUT2D eigenvalue weighted by atomic mass is 9.89. The fourth-order valence-corrected chi connectivity index (χ4v) is 4.13. The number of carbonyl (C=O) groups excluding carboxylic acids is 1. The fourth-order valence-electron chi connectivity index (χ4n) is 4.13. The van der Waals surface area contributed by atoms with Crippen LogP contribution in [0.15, 0.2) is 24.3 Å². The van der Waals surface area contributed by atoms with Crippen molar-refractivity contribution >= 4 is 5.97 Å². The maximum Gasteiger partial charge on any atom is 0.310 e. The highest BCUT2D eigenvalue weighted by Crippen LogP contribution is 2.32. The van der Waals surface area contributed by atoms with Crippen LogP contribution >= 0.6 is 0 Å². The van der Waals surface area contributed by atoms with Crippen LogP contribution in [0, 0.1) is 5.92 Å². The van der Waals surface area contributed by atoms with E-state index in [-0.39, 0.29) is 18.0 Å². The van der Waals surface area contributed by atoms with Gasteiger partial charge in [-0.2, -0.15) is 0 Å². The van der Waals surface area contributed by atoms with Crippen molar-refractivity contribution in [2.45, 2.75) is 51.2 Å². The molecule has 0 saturated carbocycles. The van der Waals surface area contributed by atoms with Crippen LogP contribution < -0.4 is 0 Å². The van der Waals surface area contributed by atoms with Crippen molar-refractivity contribution in [1.29, 1.82) is 0 Å². The molecular weight excluding hydrogens is 330 g/mol. The van der Waals surface area contributed by atoms with E-state index in [0.29, 0.717) is 26.3 Å². The molecular formula is C21H31NO4. The van der Waals surface area contributed by atoms with Crippen LogP contribution in [0.5, 0.6) is 0 Å². The number of esters is 1. The Morgan fingerprint density at radius 1 is 1.31 bits per heavy atom. The van der Waals surface area contributed by atoms with Gasteiger partial charge in [0.2, 0.25) is 0 Å². The first-order valence-corrected chi connectivity index (χ1v) is 9.93. The van der Waals surface area contributed by atoms with Gasteiger partial charge in [-0.15, -0.1) is 0 Å². The number of aryl methyl sites for hydroxylation is 1. The summed E-state index contributed by atoms with van der Waals surface area (Å²) in [6.07, 6.45) is 4.65. The lowest BCUT2D eigenvalue weighted by molar-refractivity contribution is -0.150. The van der Waals surface area contributed by atoms with E-state index < -0.39 is 6.10 Å². The highest BCUT2D eigenvalue weighted by Gasteiger charge is 2.28. The van der Waals surface area contributed by atoms with E-state index in [1.807, 2.05) is 6.92 Å². The molecule has 144 valence electrons. The summed E-state index contributed by atoms with van der Waals surface area (Å²) in [4.78, 5) is 14.1. The van der Waals surface area contributed by atoms with Gasteiger partial charge >= 0.3 is 5.97 Å². The number of benzene rings is 1. The molecule has 1 aliphatic carbocycles. The number of aliphatic hydroxyl groups excluding tert-OH is 1. The monoisotopic (exact) mass is 361 g/mol. The van der Waals surface area contributed by atoms with Crippen molar-refractivity contribution in [2.75, 3.05) is 32.8 Å². The van der Waals surface area contributed by atoms with Gasteiger partial charge < -0.3 is 14.6 Å². The smallest absolute Gasteiger partial charge is 0.310 e. The molecule has 3 atom stereocenters. The van der Waals surface area contributed by atoms with Gasteiger partial charge in [0.1, 0.15) is 0 Å². The maximum absolute atomic E-state index is 11.9. The number of ether oxygens (including phenoxy) is 2. The molecule has 0 spiro atoms. The van der Waals surface area contributed by atoms with Crippen LogP contribution in [0.2, 0.25) is 0 Å². The first-order valence-electron chi connectivity index (χ1n) is 9.93. The van der Waals surface area contributed by atoms with E-state index in [4.69, 9.17) is 9.47 Å². The molecule has 1 heterocycles. The summed E-state index contributed by atoms with van der Waals surface area (Å²) >= 11 is 0. The second-order valence-corrected chi connectivity index (χ2v) is 7.42. The lowest BCUT2D eigenvalue weighted by Crippen LogP contribution is -2.43. The van der Waals surface area contributed by atoms with Crippen LogP contribution in [-0.2, 0) is 20.7 Å². The number of hydrogen-bond acceptors (Lipinski definition) is 5. The van der Waals surface area contributed by atoms with Gasteiger partial charge in [-0.1, -0.05) is 24.3 Å². The zero-order chi connectivity index (χ0) is 18.4. The Bertz CT molecular complexity index is 591. The molecule has 26 heavy (non-hydrogen) atoms. The Morgan fingerprint density at radius 3 is 3.00 bits per heavy atom. The van der Waals surface area contributed by atoms with E-state index in [0.717, 1.165) is 38.6 Å². The largest absolute Gasteiger partial charge is 0.466 e. The van der Waals surface area contributed by atoms with Gasteiger partial charge in [0, 0.05) is 13.1 Å². The number of nitrogens with zero attached hydrogens (tertiary/aromatic N) is 1. The van der Waals surface area contributed by atoms with Crippen molar-refractivity contribution in [3.8, 4) is 0 Å². The second-order valence-electron chi connectivity index (χ2n) is 7.42. The first kappa shape index (κ1) is 19.3. The van der Waals surface area contributed by atoms with Crippen molar-refractivity contribution in [3.05, 3.63) is 35.4 Å². The second kappa shape index (κ2) is 9.49. The Balaban J connectivity index is 1.46. The number of rotatable bonds is 7. The quantitative estimate of drug-likeness (QED) is 0.757. The average molecular weight is 361 g/mol. The van der Waals surface area contributed by atoms with Crippen molar-refractivity contribution in [1.82, 2.24) is 4.90 Å². The first-order chi connectivity index (χ1) is 12.7. The molecule has 1 aromatic rings. The highest BCUT2D eigenvalue weighted by molar-refractivity contribution is 5.72. The number of fused-ring (bicyclic) bond motifs is 1. The predicted molar refractivity (Wildman–Crippen MR) is 99.9 cm³/mol. The molecule has 1 N–H and O–H groups in total. The molecule has 1 aliphatic heterocycles. The van der Waals surface area contributed by atoms with Crippen molar-refractivity contribution in [3.63, 3.8) is 0 Å². The zero-order valence-corrected chi connectivity index (χ0v) is 15.7. The van der Waals surface area contributed by atoms with E-state index >= 15 is 0 Å². The van der Waals surface area contributed by atoms with Crippen LogP contribution in [0.1, 0.15) is 49.8 Å². The maximum atomic E-state index is 11.9. The van der Waals surface area contributed by atoms with E-state index in [1.54, 1.807) is 0 Å². The molecule has 0 aromatic heterocycles. The summed E-state index contributed by atoms with van der Waals surface area (Å²) in [6, 6.07) is 8.44. The minimum absolute atomic E-state index is 0.0676. The minimum atomic E-state index is -0.537. The molecule has 0 unspecified atom stereocenters. The molecule has 2 aliphatic rings. The Kier molecular flexibility index (Phi) is 7.06. The van der Waals surface area contributed by atoms with Gasteiger partial charge in [0.05, 0.1) is 31.3 Å². The molecule has 5 nitrogen and oxygen atoms in total. The third-order valence-corrected chi connectivity index (χ3v) is 5.40. The molecule has 0 amide bonds. The topological polar surface area (TPSA) is 59.0 Å². The molecule has 1 aromatic carbocycles. The molecule has 3 rings (SSSR count). The van der Waals surface area contributed by atoms with Crippen LogP contribution in [-0.4, -0.2) is 54.9 Å². The van der Waals surface area contributed by atoms with Crippen molar-refractivity contribution < 1.29 is 19.4 Å².